The van der Waals surface area contributed by atoms with E-state index in [1.165, 1.54) is 11.1 Å². The third-order valence-electron chi connectivity index (χ3n) is 5.87. The minimum absolute atomic E-state index is 0.123. The van der Waals surface area contributed by atoms with E-state index in [-0.39, 0.29) is 11.8 Å². The quantitative estimate of drug-likeness (QED) is 0.678. The molecular weight excluding hydrogens is 380 g/mol. The molecule has 29 heavy (non-hydrogen) atoms. The molecular formula is C23H34N4OS. The lowest BCUT2D eigenvalue weighted by atomic mass is 9.95. The molecule has 1 aliphatic heterocycles. The van der Waals surface area contributed by atoms with Gasteiger partial charge in [0.25, 0.3) is 0 Å². The summed E-state index contributed by atoms with van der Waals surface area (Å²) >= 11 is 1.71. The fourth-order valence-corrected chi connectivity index (χ4v) is 4.57. The maximum Gasteiger partial charge on any atom is 0.223 e. The number of carbonyl (C=O) groups is 1. The highest BCUT2D eigenvalue weighted by molar-refractivity contribution is 7.09. The van der Waals surface area contributed by atoms with Crippen LogP contribution in [0.2, 0.25) is 0 Å². The molecule has 0 aliphatic carbocycles. The first-order valence-electron chi connectivity index (χ1n) is 10.8. The summed E-state index contributed by atoms with van der Waals surface area (Å²) in [5.41, 5.74) is 3.69. The second kappa shape index (κ2) is 10.9. The van der Waals surface area contributed by atoms with E-state index >= 15 is 0 Å². The maximum atomic E-state index is 12.7. The zero-order valence-corrected chi connectivity index (χ0v) is 18.8. The van der Waals surface area contributed by atoms with Gasteiger partial charge in [0.05, 0.1) is 10.7 Å². The molecule has 1 fully saturated rings. The Kier molecular flexibility index (Phi) is 8.21. The molecule has 0 unspecified atom stereocenters. The molecule has 0 saturated carbocycles. The van der Waals surface area contributed by atoms with Crippen LogP contribution >= 0.6 is 11.3 Å². The summed E-state index contributed by atoms with van der Waals surface area (Å²) in [6.07, 6.45) is 1.85. The molecule has 5 nitrogen and oxygen atoms in total. The fraction of sp³-hybridized carbons (Fsp3) is 0.565. The van der Waals surface area contributed by atoms with Gasteiger partial charge in [0, 0.05) is 30.9 Å². The number of carbonyl (C=O) groups excluding carboxylic acids is 1. The van der Waals surface area contributed by atoms with Crippen LogP contribution in [0.5, 0.6) is 0 Å². The van der Waals surface area contributed by atoms with Gasteiger partial charge in [-0.3, -0.25) is 14.6 Å². The number of likely N-dealkylation sites (tertiary alicyclic amines) is 1. The Morgan fingerprint density at radius 1 is 1.21 bits per heavy atom. The average Bonchev–Trinajstić information content (AvgIpc) is 3.16. The number of hydrogen-bond donors (Lipinski definition) is 1. The van der Waals surface area contributed by atoms with Gasteiger partial charge in [-0.05, 0) is 57.1 Å². The molecule has 6 heteroatoms. The monoisotopic (exact) mass is 414 g/mol. The van der Waals surface area contributed by atoms with Gasteiger partial charge in [-0.15, -0.1) is 11.3 Å². The molecule has 2 heterocycles. The molecule has 1 amide bonds. The van der Waals surface area contributed by atoms with Crippen LogP contribution in [0, 0.1) is 12.8 Å². The summed E-state index contributed by atoms with van der Waals surface area (Å²) in [5.74, 6) is 0.324. The topological polar surface area (TPSA) is 48.5 Å². The Bertz CT molecular complexity index is 779. The van der Waals surface area contributed by atoms with Crippen molar-refractivity contribution in [2.75, 3.05) is 26.2 Å². The zero-order chi connectivity index (χ0) is 20.6. The molecule has 1 aromatic carbocycles. The Hall–Kier alpha value is -1.76. The molecule has 2 aromatic rings. The molecule has 1 saturated heterocycles. The van der Waals surface area contributed by atoms with E-state index in [2.05, 4.69) is 63.6 Å². The average molecular weight is 415 g/mol. The molecule has 1 aliphatic rings. The minimum Gasteiger partial charge on any atom is -0.352 e. The highest BCUT2D eigenvalue weighted by Crippen LogP contribution is 2.20. The summed E-state index contributed by atoms with van der Waals surface area (Å²) < 4.78 is 0. The van der Waals surface area contributed by atoms with E-state index in [0.717, 1.165) is 62.8 Å². The molecule has 0 spiro atoms. The number of aromatic nitrogens is 1. The molecule has 1 aromatic heterocycles. The van der Waals surface area contributed by atoms with Crippen LogP contribution in [0.4, 0.5) is 0 Å². The number of aryl methyl sites for hydroxylation is 1. The number of hydrogen-bond acceptors (Lipinski definition) is 5. The lowest BCUT2D eigenvalue weighted by molar-refractivity contribution is -0.126. The van der Waals surface area contributed by atoms with E-state index in [1.54, 1.807) is 11.3 Å². The summed E-state index contributed by atoms with van der Waals surface area (Å²) in [7, 11) is 0. The highest BCUT2D eigenvalue weighted by atomic mass is 32.1. The zero-order valence-electron chi connectivity index (χ0n) is 18.0. The molecule has 0 atom stereocenters. The first-order chi connectivity index (χ1) is 14.1. The van der Waals surface area contributed by atoms with Gasteiger partial charge >= 0.3 is 0 Å². The van der Waals surface area contributed by atoms with E-state index in [9.17, 15) is 4.79 Å². The van der Waals surface area contributed by atoms with Crippen molar-refractivity contribution < 1.29 is 4.79 Å². The Labute approximate surface area is 179 Å². The van der Waals surface area contributed by atoms with E-state index < -0.39 is 0 Å². The molecule has 1 N–H and O–H groups in total. The largest absolute Gasteiger partial charge is 0.352 e. The van der Waals surface area contributed by atoms with Crippen molar-refractivity contribution in [3.8, 4) is 0 Å². The SMILES string of the molecule is CCN(CC)Cc1ccccc1CNC(=O)C1CCN(Cc2csc(C)n2)CC1. The predicted octanol–water partition coefficient (Wildman–Crippen LogP) is 3.82. The number of nitrogens with zero attached hydrogens (tertiary/aromatic N) is 3. The summed E-state index contributed by atoms with van der Waals surface area (Å²) in [6, 6.07) is 8.46. The summed E-state index contributed by atoms with van der Waals surface area (Å²) in [5, 5.41) is 6.46. The lowest BCUT2D eigenvalue weighted by Gasteiger charge is -2.30. The predicted molar refractivity (Wildman–Crippen MR) is 120 cm³/mol. The van der Waals surface area contributed by atoms with Crippen LogP contribution in [-0.4, -0.2) is 46.9 Å². The summed E-state index contributed by atoms with van der Waals surface area (Å²) in [4.78, 5) is 22.1. The normalized spacial score (nSPS) is 15.7. The lowest BCUT2D eigenvalue weighted by Crippen LogP contribution is -2.40. The van der Waals surface area contributed by atoms with E-state index in [1.807, 2.05) is 6.92 Å². The van der Waals surface area contributed by atoms with Gasteiger partial charge in [-0.1, -0.05) is 38.1 Å². The van der Waals surface area contributed by atoms with Crippen molar-refractivity contribution in [1.29, 1.82) is 0 Å². The number of thiazole rings is 1. The summed E-state index contributed by atoms with van der Waals surface area (Å²) in [6.45, 7) is 12.9. The number of rotatable bonds is 9. The number of nitrogens with one attached hydrogen (secondary N) is 1. The van der Waals surface area contributed by atoms with Crippen LogP contribution in [0.1, 0.15) is 48.5 Å². The third-order valence-corrected chi connectivity index (χ3v) is 6.69. The molecule has 3 rings (SSSR count). The van der Waals surface area contributed by atoms with Crippen LogP contribution in [0.3, 0.4) is 0 Å². The fourth-order valence-electron chi connectivity index (χ4n) is 3.96. The van der Waals surface area contributed by atoms with Gasteiger partial charge in [0.1, 0.15) is 0 Å². The number of piperidine rings is 1. The number of amides is 1. The Morgan fingerprint density at radius 2 is 1.90 bits per heavy atom. The first-order valence-corrected chi connectivity index (χ1v) is 11.7. The third kappa shape index (κ3) is 6.36. The van der Waals surface area contributed by atoms with Gasteiger partial charge in [-0.2, -0.15) is 0 Å². The molecule has 158 valence electrons. The highest BCUT2D eigenvalue weighted by Gasteiger charge is 2.25. The first kappa shape index (κ1) is 21.9. The van der Waals surface area contributed by atoms with Gasteiger partial charge in [0.15, 0.2) is 0 Å². The van der Waals surface area contributed by atoms with Crippen molar-refractivity contribution in [1.82, 2.24) is 20.1 Å². The van der Waals surface area contributed by atoms with Crippen molar-refractivity contribution in [3.63, 3.8) is 0 Å². The van der Waals surface area contributed by atoms with Crippen molar-refractivity contribution >= 4 is 17.2 Å². The standard InChI is InChI=1S/C23H34N4OS/c1-4-26(5-2)15-21-9-7-6-8-20(21)14-24-23(28)19-10-12-27(13-11-19)16-22-17-29-18(3)25-22/h6-9,17,19H,4-5,10-16H2,1-3H3,(H,24,28). The van der Waals surface area contributed by atoms with E-state index in [4.69, 9.17) is 0 Å². The molecule has 0 bridgehead atoms. The van der Waals surface area contributed by atoms with Crippen LogP contribution in [-0.2, 0) is 24.4 Å². The maximum absolute atomic E-state index is 12.7. The Morgan fingerprint density at radius 3 is 2.52 bits per heavy atom. The van der Waals surface area contributed by atoms with Crippen molar-refractivity contribution in [2.45, 2.75) is 53.2 Å². The van der Waals surface area contributed by atoms with Crippen LogP contribution < -0.4 is 5.32 Å². The smallest absolute Gasteiger partial charge is 0.223 e. The number of benzene rings is 1. The van der Waals surface area contributed by atoms with Gasteiger partial charge in [-0.25, -0.2) is 4.98 Å². The molecule has 0 radical (unpaired) electrons. The Balaban J connectivity index is 1.47. The second-order valence-corrected chi connectivity index (χ2v) is 8.92. The van der Waals surface area contributed by atoms with Crippen molar-refractivity contribution in [3.05, 3.63) is 51.5 Å². The van der Waals surface area contributed by atoms with Crippen molar-refractivity contribution in [2.24, 2.45) is 5.92 Å². The van der Waals surface area contributed by atoms with Crippen LogP contribution in [0.15, 0.2) is 29.6 Å². The minimum atomic E-state index is 0.123. The van der Waals surface area contributed by atoms with Gasteiger partial charge in [0.2, 0.25) is 5.91 Å². The van der Waals surface area contributed by atoms with Gasteiger partial charge < -0.3 is 5.32 Å². The van der Waals surface area contributed by atoms with E-state index in [0.29, 0.717) is 6.54 Å². The second-order valence-electron chi connectivity index (χ2n) is 7.86. The van der Waals surface area contributed by atoms with Crippen LogP contribution in [0.25, 0.3) is 0 Å².